The van der Waals surface area contributed by atoms with Gasteiger partial charge in [0.25, 0.3) is 5.91 Å². The summed E-state index contributed by atoms with van der Waals surface area (Å²) in [5.74, 6) is 0.421. The SMILES string of the molecule is O=C(c1ccc(Cl)cc1)N1CCCC(C(=O)N2CCC(C3OCCO3)CC2)C1. The number of likely N-dealkylation sites (tertiary alicyclic amines) is 2. The van der Waals surface area contributed by atoms with Gasteiger partial charge < -0.3 is 19.3 Å². The summed E-state index contributed by atoms with van der Waals surface area (Å²) in [6.07, 6.45) is 3.43. The van der Waals surface area contributed by atoms with Gasteiger partial charge in [-0.05, 0) is 49.9 Å². The highest BCUT2D eigenvalue weighted by Gasteiger charge is 2.35. The van der Waals surface area contributed by atoms with E-state index in [0.29, 0.717) is 42.8 Å². The molecule has 3 aliphatic rings. The van der Waals surface area contributed by atoms with Crippen LogP contribution in [0.5, 0.6) is 0 Å². The maximum atomic E-state index is 13.0. The third-order valence-electron chi connectivity index (χ3n) is 6.03. The van der Waals surface area contributed by atoms with Gasteiger partial charge in [-0.2, -0.15) is 0 Å². The molecule has 6 nitrogen and oxygen atoms in total. The molecule has 3 heterocycles. The van der Waals surface area contributed by atoms with Gasteiger partial charge >= 0.3 is 0 Å². The summed E-state index contributed by atoms with van der Waals surface area (Å²) in [5.41, 5.74) is 0.620. The van der Waals surface area contributed by atoms with Crippen LogP contribution in [0.4, 0.5) is 0 Å². The van der Waals surface area contributed by atoms with Gasteiger partial charge in [-0.3, -0.25) is 9.59 Å². The van der Waals surface area contributed by atoms with E-state index in [0.717, 1.165) is 38.8 Å². The number of carbonyl (C=O) groups excluding carboxylic acids is 2. The molecular weight excluding hydrogens is 380 g/mol. The number of hydrogen-bond acceptors (Lipinski definition) is 4. The topological polar surface area (TPSA) is 59.1 Å². The Morgan fingerprint density at radius 3 is 2.29 bits per heavy atom. The van der Waals surface area contributed by atoms with E-state index in [1.165, 1.54) is 0 Å². The molecule has 3 saturated heterocycles. The molecule has 0 aromatic heterocycles. The summed E-state index contributed by atoms with van der Waals surface area (Å²) in [6, 6.07) is 6.94. The second kappa shape index (κ2) is 8.80. The maximum absolute atomic E-state index is 13.0. The lowest BCUT2D eigenvalue weighted by Crippen LogP contribution is -2.49. The lowest BCUT2D eigenvalue weighted by Gasteiger charge is -2.38. The molecule has 2 amide bonds. The van der Waals surface area contributed by atoms with E-state index < -0.39 is 0 Å². The van der Waals surface area contributed by atoms with E-state index in [2.05, 4.69) is 0 Å². The van der Waals surface area contributed by atoms with Crippen LogP contribution in [0.2, 0.25) is 5.02 Å². The first-order valence-corrected chi connectivity index (χ1v) is 10.6. The number of hydrogen-bond donors (Lipinski definition) is 0. The zero-order chi connectivity index (χ0) is 19.5. The van der Waals surface area contributed by atoms with Crippen LogP contribution in [0, 0.1) is 11.8 Å². The Hall–Kier alpha value is -1.63. The van der Waals surface area contributed by atoms with Crippen LogP contribution in [0.1, 0.15) is 36.0 Å². The summed E-state index contributed by atoms with van der Waals surface area (Å²) in [6.45, 7) is 4.02. The van der Waals surface area contributed by atoms with Crippen molar-refractivity contribution in [3.8, 4) is 0 Å². The van der Waals surface area contributed by atoms with Crippen LogP contribution in [-0.2, 0) is 14.3 Å². The second-order valence-electron chi connectivity index (χ2n) is 7.87. The minimum atomic E-state index is -0.111. The molecule has 152 valence electrons. The molecule has 3 aliphatic heterocycles. The van der Waals surface area contributed by atoms with E-state index in [1.807, 2.05) is 9.80 Å². The van der Waals surface area contributed by atoms with Gasteiger partial charge in [0.2, 0.25) is 5.91 Å². The predicted octanol–water partition coefficient (Wildman–Crippen LogP) is 2.80. The number of rotatable bonds is 3. The zero-order valence-electron chi connectivity index (χ0n) is 16.0. The number of benzene rings is 1. The van der Waals surface area contributed by atoms with E-state index in [4.69, 9.17) is 21.1 Å². The minimum absolute atomic E-state index is 0.0246. The molecule has 0 bridgehead atoms. The Morgan fingerprint density at radius 1 is 0.929 bits per heavy atom. The van der Waals surface area contributed by atoms with Crippen LogP contribution in [0.25, 0.3) is 0 Å². The Kier molecular flexibility index (Phi) is 6.19. The van der Waals surface area contributed by atoms with Crippen molar-refractivity contribution in [3.63, 3.8) is 0 Å². The van der Waals surface area contributed by atoms with Gasteiger partial charge in [0.1, 0.15) is 0 Å². The number of halogens is 1. The Labute approximate surface area is 170 Å². The average Bonchev–Trinajstić information content (AvgIpc) is 3.28. The molecule has 3 fully saturated rings. The maximum Gasteiger partial charge on any atom is 0.253 e. The summed E-state index contributed by atoms with van der Waals surface area (Å²) in [7, 11) is 0. The first-order valence-electron chi connectivity index (χ1n) is 10.2. The second-order valence-corrected chi connectivity index (χ2v) is 8.31. The van der Waals surface area contributed by atoms with Crippen molar-refractivity contribution in [2.24, 2.45) is 11.8 Å². The molecule has 7 heteroatoms. The molecule has 4 rings (SSSR count). The fraction of sp³-hybridized carbons (Fsp3) is 0.619. The fourth-order valence-corrected chi connectivity index (χ4v) is 4.56. The van der Waals surface area contributed by atoms with Crippen LogP contribution in [0.3, 0.4) is 0 Å². The quantitative estimate of drug-likeness (QED) is 0.774. The van der Waals surface area contributed by atoms with Crippen molar-refractivity contribution in [2.45, 2.75) is 32.0 Å². The van der Waals surface area contributed by atoms with Crippen molar-refractivity contribution < 1.29 is 19.1 Å². The van der Waals surface area contributed by atoms with Gasteiger partial charge in [-0.15, -0.1) is 0 Å². The van der Waals surface area contributed by atoms with E-state index in [9.17, 15) is 9.59 Å². The lowest BCUT2D eigenvalue weighted by atomic mass is 9.92. The van der Waals surface area contributed by atoms with Gasteiger partial charge in [0, 0.05) is 42.7 Å². The van der Waals surface area contributed by atoms with Crippen LogP contribution >= 0.6 is 11.6 Å². The Morgan fingerprint density at radius 2 is 1.61 bits per heavy atom. The molecule has 1 atom stereocenters. The Bertz CT molecular complexity index is 697. The number of piperidine rings is 2. The summed E-state index contributed by atoms with van der Waals surface area (Å²) in [4.78, 5) is 29.6. The van der Waals surface area contributed by atoms with Crippen molar-refractivity contribution in [3.05, 3.63) is 34.9 Å². The fourth-order valence-electron chi connectivity index (χ4n) is 4.44. The highest BCUT2D eigenvalue weighted by Crippen LogP contribution is 2.28. The molecule has 0 aliphatic carbocycles. The van der Waals surface area contributed by atoms with E-state index >= 15 is 0 Å². The first kappa shape index (κ1) is 19.7. The molecule has 1 aromatic rings. The van der Waals surface area contributed by atoms with Crippen molar-refractivity contribution in [1.29, 1.82) is 0 Å². The highest BCUT2D eigenvalue weighted by molar-refractivity contribution is 6.30. The van der Waals surface area contributed by atoms with Crippen LogP contribution in [-0.4, -0.2) is 67.3 Å². The summed E-state index contributed by atoms with van der Waals surface area (Å²) < 4.78 is 11.2. The summed E-state index contributed by atoms with van der Waals surface area (Å²) in [5, 5.41) is 0.611. The average molecular weight is 407 g/mol. The highest BCUT2D eigenvalue weighted by atomic mass is 35.5. The third-order valence-corrected chi connectivity index (χ3v) is 6.28. The largest absolute Gasteiger partial charge is 0.350 e. The predicted molar refractivity (Wildman–Crippen MR) is 105 cm³/mol. The lowest BCUT2D eigenvalue weighted by molar-refractivity contribution is -0.142. The van der Waals surface area contributed by atoms with E-state index in [-0.39, 0.29) is 24.0 Å². The van der Waals surface area contributed by atoms with Crippen LogP contribution in [0.15, 0.2) is 24.3 Å². The number of carbonyl (C=O) groups is 2. The van der Waals surface area contributed by atoms with Gasteiger partial charge in [0.05, 0.1) is 19.1 Å². The molecule has 0 radical (unpaired) electrons. The number of ether oxygens (including phenoxy) is 2. The van der Waals surface area contributed by atoms with Gasteiger partial charge in [-0.25, -0.2) is 0 Å². The minimum Gasteiger partial charge on any atom is -0.350 e. The monoisotopic (exact) mass is 406 g/mol. The molecule has 28 heavy (non-hydrogen) atoms. The molecular formula is C21H27ClN2O4. The van der Waals surface area contributed by atoms with Crippen molar-refractivity contribution in [2.75, 3.05) is 39.4 Å². The van der Waals surface area contributed by atoms with Gasteiger partial charge in [0.15, 0.2) is 6.29 Å². The first-order chi connectivity index (χ1) is 13.6. The smallest absolute Gasteiger partial charge is 0.253 e. The molecule has 0 saturated carbocycles. The standard InChI is InChI=1S/C21H27ClN2O4/c22-18-5-3-15(4-6-18)19(25)24-9-1-2-17(14-24)20(26)23-10-7-16(8-11-23)21-27-12-13-28-21/h3-6,16-17,21H,1-2,7-14H2. The van der Waals surface area contributed by atoms with Gasteiger partial charge in [-0.1, -0.05) is 11.6 Å². The molecule has 0 N–H and O–H groups in total. The molecule has 1 aromatic carbocycles. The normalized spacial score (nSPS) is 24.5. The van der Waals surface area contributed by atoms with Crippen LogP contribution < -0.4 is 0 Å². The van der Waals surface area contributed by atoms with Crippen molar-refractivity contribution >= 4 is 23.4 Å². The van der Waals surface area contributed by atoms with E-state index in [1.54, 1.807) is 24.3 Å². The number of amides is 2. The molecule has 1 unspecified atom stereocenters. The Balaban J connectivity index is 1.32. The molecule has 0 spiro atoms. The zero-order valence-corrected chi connectivity index (χ0v) is 16.8. The summed E-state index contributed by atoms with van der Waals surface area (Å²) >= 11 is 5.91. The number of nitrogens with zero attached hydrogens (tertiary/aromatic N) is 2. The third kappa shape index (κ3) is 4.34. The van der Waals surface area contributed by atoms with Crippen molar-refractivity contribution in [1.82, 2.24) is 9.80 Å².